The number of carbonyl (C=O) groups is 1. The highest BCUT2D eigenvalue weighted by atomic mass is 16.2. The number of piperidine rings is 2. The van der Waals surface area contributed by atoms with Crippen LogP contribution in [0.1, 0.15) is 47.0 Å². The molecule has 19 heavy (non-hydrogen) atoms. The Morgan fingerprint density at radius 2 is 1.58 bits per heavy atom. The molecule has 3 nitrogen and oxygen atoms in total. The van der Waals surface area contributed by atoms with Gasteiger partial charge in [0, 0.05) is 25.0 Å². The molecule has 0 aliphatic carbocycles. The second-order valence-corrected chi connectivity index (χ2v) is 7.09. The van der Waals surface area contributed by atoms with Crippen LogP contribution >= 0.6 is 0 Å². The molecule has 0 aromatic rings. The predicted molar refractivity (Wildman–Crippen MR) is 79.0 cm³/mol. The van der Waals surface area contributed by atoms with Gasteiger partial charge in [0.25, 0.3) is 0 Å². The van der Waals surface area contributed by atoms with E-state index >= 15 is 0 Å². The molecule has 2 heterocycles. The maximum absolute atomic E-state index is 12.6. The topological polar surface area (TPSA) is 23.6 Å². The Morgan fingerprint density at radius 3 is 2.05 bits per heavy atom. The lowest BCUT2D eigenvalue weighted by Gasteiger charge is -2.40. The lowest BCUT2D eigenvalue weighted by molar-refractivity contribution is -0.140. The van der Waals surface area contributed by atoms with Gasteiger partial charge in [0.05, 0.1) is 0 Å². The van der Waals surface area contributed by atoms with E-state index < -0.39 is 0 Å². The number of rotatable bonds is 2. The monoisotopic (exact) mass is 266 g/mol. The summed E-state index contributed by atoms with van der Waals surface area (Å²) in [6, 6.07) is 0.617. The van der Waals surface area contributed by atoms with Gasteiger partial charge >= 0.3 is 0 Å². The quantitative estimate of drug-likeness (QED) is 0.767. The molecule has 0 aromatic carbocycles. The lowest BCUT2D eigenvalue weighted by Crippen LogP contribution is -2.48. The number of amides is 1. The first-order valence-corrected chi connectivity index (χ1v) is 8.00. The maximum Gasteiger partial charge on any atom is 0.225 e. The number of carbonyl (C=O) groups excluding carboxylic acids is 1. The van der Waals surface area contributed by atoms with Crippen molar-refractivity contribution in [2.45, 2.75) is 53.0 Å². The van der Waals surface area contributed by atoms with E-state index in [4.69, 9.17) is 0 Å². The third kappa shape index (κ3) is 3.71. The number of likely N-dealkylation sites (tertiary alicyclic amines) is 2. The zero-order valence-electron chi connectivity index (χ0n) is 13.1. The van der Waals surface area contributed by atoms with Crippen LogP contribution in [-0.2, 0) is 4.79 Å². The van der Waals surface area contributed by atoms with Crippen molar-refractivity contribution in [1.29, 1.82) is 0 Å². The van der Waals surface area contributed by atoms with Crippen molar-refractivity contribution in [2.75, 3.05) is 26.2 Å². The van der Waals surface area contributed by atoms with Crippen LogP contribution in [0.5, 0.6) is 0 Å². The fourth-order valence-corrected chi connectivity index (χ4v) is 3.76. The van der Waals surface area contributed by atoms with E-state index in [0.29, 0.717) is 23.8 Å². The molecule has 3 heteroatoms. The molecular weight excluding hydrogens is 236 g/mol. The first-order chi connectivity index (χ1) is 8.97. The lowest BCUT2D eigenvalue weighted by atomic mass is 9.89. The van der Waals surface area contributed by atoms with Crippen molar-refractivity contribution in [2.24, 2.45) is 17.8 Å². The second-order valence-electron chi connectivity index (χ2n) is 7.09. The number of nitrogens with zero attached hydrogens (tertiary/aromatic N) is 2. The van der Waals surface area contributed by atoms with Crippen molar-refractivity contribution in [1.82, 2.24) is 9.80 Å². The summed E-state index contributed by atoms with van der Waals surface area (Å²) in [5, 5.41) is 0. The summed E-state index contributed by atoms with van der Waals surface area (Å²) in [4.78, 5) is 17.3. The van der Waals surface area contributed by atoms with Gasteiger partial charge in [0.1, 0.15) is 0 Å². The second kappa shape index (κ2) is 6.25. The minimum Gasteiger partial charge on any atom is -0.342 e. The van der Waals surface area contributed by atoms with E-state index in [-0.39, 0.29) is 5.92 Å². The average molecular weight is 266 g/mol. The Balaban J connectivity index is 1.87. The van der Waals surface area contributed by atoms with E-state index in [1.165, 1.54) is 6.42 Å². The highest BCUT2D eigenvalue weighted by Crippen LogP contribution is 2.26. The normalized spacial score (nSPS) is 30.9. The standard InChI is InChI=1S/C16H30N2O/c1-12(2)17-7-5-15(6-8-17)16(19)18-10-13(3)9-14(4)11-18/h12-15H,5-11H2,1-4H3. The SMILES string of the molecule is CC1CC(C)CN(C(=O)C2CCN(C(C)C)CC2)C1. The Morgan fingerprint density at radius 1 is 1.05 bits per heavy atom. The molecule has 0 N–H and O–H groups in total. The number of hydrogen-bond donors (Lipinski definition) is 0. The van der Waals surface area contributed by atoms with Gasteiger partial charge < -0.3 is 9.80 Å². The van der Waals surface area contributed by atoms with Crippen LogP contribution in [0.2, 0.25) is 0 Å². The minimum absolute atomic E-state index is 0.285. The molecule has 2 fully saturated rings. The summed E-state index contributed by atoms with van der Waals surface area (Å²) >= 11 is 0. The van der Waals surface area contributed by atoms with Gasteiger partial charge in [-0.15, -0.1) is 0 Å². The Kier molecular flexibility index (Phi) is 4.88. The highest BCUT2D eigenvalue weighted by molar-refractivity contribution is 5.79. The van der Waals surface area contributed by atoms with E-state index in [0.717, 1.165) is 39.0 Å². The first-order valence-electron chi connectivity index (χ1n) is 8.00. The molecule has 110 valence electrons. The molecule has 0 saturated carbocycles. The van der Waals surface area contributed by atoms with Crippen molar-refractivity contribution < 1.29 is 4.79 Å². The Bertz CT molecular complexity index is 298. The minimum atomic E-state index is 0.285. The fourth-order valence-electron chi connectivity index (χ4n) is 3.76. The molecule has 0 radical (unpaired) electrons. The molecule has 2 aliphatic rings. The predicted octanol–water partition coefficient (Wildman–Crippen LogP) is 2.61. The van der Waals surface area contributed by atoms with Gasteiger partial charge in [0.2, 0.25) is 5.91 Å². The third-order valence-corrected chi connectivity index (χ3v) is 4.79. The van der Waals surface area contributed by atoms with Gasteiger partial charge in [-0.2, -0.15) is 0 Å². The zero-order valence-corrected chi connectivity index (χ0v) is 13.1. The van der Waals surface area contributed by atoms with Crippen molar-refractivity contribution in [3.8, 4) is 0 Å². The van der Waals surface area contributed by atoms with Gasteiger partial charge in [-0.05, 0) is 58.0 Å². The van der Waals surface area contributed by atoms with Crippen LogP contribution in [0.3, 0.4) is 0 Å². The van der Waals surface area contributed by atoms with Crippen LogP contribution < -0.4 is 0 Å². The van der Waals surface area contributed by atoms with Crippen LogP contribution in [0.4, 0.5) is 0 Å². The molecule has 2 aliphatic heterocycles. The number of hydrogen-bond acceptors (Lipinski definition) is 2. The van der Waals surface area contributed by atoms with Crippen molar-refractivity contribution >= 4 is 5.91 Å². The van der Waals surface area contributed by atoms with Crippen LogP contribution in [0.15, 0.2) is 0 Å². The van der Waals surface area contributed by atoms with Crippen LogP contribution in [0, 0.1) is 17.8 Å². The largest absolute Gasteiger partial charge is 0.342 e. The molecule has 2 unspecified atom stereocenters. The summed E-state index contributed by atoms with van der Waals surface area (Å²) in [5.41, 5.74) is 0. The van der Waals surface area contributed by atoms with Gasteiger partial charge in [-0.3, -0.25) is 4.79 Å². The van der Waals surface area contributed by atoms with E-state index in [1.54, 1.807) is 0 Å². The van der Waals surface area contributed by atoms with E-state index in [2.05, 4.69) is 37.5 Å². The molecule has 2 rings (SSSR count). The molecule has 0 spiro atoms. The average Bonchev–Trinajstić information content (AvgIpc) is 2.37. The molecule has 2 atom stereocenters. The molecule has 0 bridgehead atoms. The van der Waals surface area contributed by atoms with E-state index in [1.807, 2.05) is 0 Å². The summed E-state index contributed by atoms with van der Waals surface area (Å²) in [6.07, 6.45) is 3.38. The van der Waals surface area contributed by atoms with Gasteiger partial charge in [-0.25, -0.2) is 0 Å². The summed E-state index contributed by atoms with van der Waals surface area (Å²) < 4.78 is 0. The molecular formula is C16H30N2O. The Labute approximate surface area is 118 Å². The van der Waals surface area contributed by atoms with Gasteiger partial charge in [-0.1, -0.05) is 13.8 Å². The van der Waals surface area contributed by atoms with Gasteiger partial charge in [0.15, 0.2) is 0 Å². The summed E-state index contributed by atoms with van der Waals surface area (Å²) in [5.74, 6) is 2.06. The summed E-state index contributed by atoms with van der Waals surface area (Å²) in [7, 11) is 0. The summed E-state index contributed by atoms with van der Waals surface area (Å²) in [6.45, 7) is 13.2. The van der Waals surface area contributed by atoms with Crippen molar-refractivity contribution in [3.05, 3.63) is 0 Å². The zero-order chi connectivity index (χ0) is 14.0. The smallest absolute Gasteiger partial charge is 0.225 e. The fraction of sp³-hybridized carbons (Fsp3) is 0.938. The third-order valence-electron chi connectivity index (χ3n) is 4.79. The Hall–Kier alpha value is -0.570. The first kappa shape index (κ1) is 14.8. The highest BCUT2D eigenvalue weighted by Gasteiger charge is 2.32. The maximum atomic E-state index is 12.6. The molecule has 1 amide bonds. The van der Waals surface area contributed by atoms with E-state index in [9.17, 15) is 4.79 Å². The van der Waals surface area contributed by atoms with Crippen LogP contribution in [-0.4, -0.2) is 47.9 Å². The molecule has 0 aromatic heterocycles. The van der Waals surface area contributed by atoms with Crippen LogP contribution in [0.25, 0.3) is 0 Å². The van der Waals surface area contributed by atoms with Crippen molar-refractivity contribution in [3.63, 3.8) is 0 Å². The molecule has 2 saturated heterocycles.